The van der Waals surface area contributed by atoms with Crippen LogP contribution in [0.5, 0.6) is 0 Å². The third-order valence-electron chi connectivity index (χ3n) is 8.03. The average molecular weight is 466 g/mol. The number of fused-ring (bicyclic) bond motifs is 6. The second kappa shape index (κ2) is 7.16. The van der Waals surface area contributed by atoms with Gasteiger partial charge in [0, 0.05) is 10.2 Å². The molecule has 5 heteroatoms. The summed E-state index contributed by atoms with van der Waals surface area (Å²) in [4.78, 5) is 17.9. The van der Waals surface area contributed by atoms with E-state index in [4.69, 9.17) is 4.98 Å². The molecule has 1 saturated carbocycles. The van der Waals surface area contributed by atoms with E-state index in [-0.39, 0.29) is 11.0 Å². The SMILES string of the molecule is O=c1nc2n(c3cccc(Br)c13)C1=C(C=CC(C3CCNCC3)C1)C21CCCCC1. The fourth-order valence-corrected chi connectivity index (χ4v) is 7.08. The lowest BCUT2D eigenvalue weighted by Gasteiger charge is -2.36. The van der Waals surface area contributed by atoms with Crippen molar-refractivity contribution in [2.75, 3.05) is 13.1 Å². The molecular weight excluding hydrogens is 438 g/mol. The molecule has 156 valence electrons. The van der Waals surface area contributed by atoms with Gasteiger partial charge in [-0.05, 0) is 90.7 Å². The summed E-state index contributed by atoms with van der Waals surface area (Å²) in [6, 6.07) is 6.11. The molecule has 1 aromatic carbocycles. The van der Waals surface area contributed by atoms with Crippen LogP contribution in [-0.2, 0) is 5.41 Å². The molecule has 6 rings (SSSR count). The molecule has 2 aliphatic carbocycles. The van der Waals surface area contributed by atoms with Crippen molar-refractivity contribution in [2.45, 2.75) is 56.8 Å². The lowest BCUT2D eigenvalue weighted by Crippen LogP contribution is -2.33. The number of benzene rings is 1. The van der Waals surface area contributed by atoms with Gasteiger partial charge in [0.1, 0.15) is 5.82 Å². The fourth-order valence-electron chi connectivity index (χ4n) is 6.55. The Balaban J connectivity index is 1.56. The first-order valence-electron chi connectivity index (χ1n) is 11.5. The third kappa shape index (κ3) is 2.67. The van der Waals surface area contributed by atoms with Crippen LogP contribution in [0.4, 0.5) is 0 Å². The molecule has 1 N–H and O–H groups in total. The maximum Gasteiger partial charge on any atom is 0.281 e. The predicted octanol–water partition coefficient (Wildman–Crippen LogP) is 5.16. The fraction of sp³-hybridized carbons (Fsp3) is 0.520. The molecule has 0 amide bonds. The highest BCUT2D eigenvalue weighted by Gasteiger charge is 2.48. The number of allylic oxidation sites excluding steroid dienone is 4. The minimum Gasteiger partial charge on any atom is -0.317 e. The number of piperidine rings is 1. The topological polar surface area (TPSA) is 46.9 Å². The Labute approximate surface area is 185 Å². The van der Waals surface area contributed by atoms with E-state index < -0.39 is 0 Å². The van der Waals surface area contributed by atoms with E-state index in [9.17, 15) is 4.79 Å². The molecule has 1 saturated heterocycles. The highest BCUT2D eigenvalue weighted by atomic mass is 79.9. The summed E-state index contributed by atoms with van der Waals surface area (Å²) in [5, 5.41) is 4.22. The normalized spacial score (nSPS) is 25.7. The Morgan fingerprint density at radius 2 is 1.93 bits per heavy atom. The summed E-state index contributed by atoms with van der Waals surface area (Å²) < 4.78 is 3.24. The Bertz CT molecular complexity index is 1130. The molecule has 2 aromatic rings. The van der Waals surface area contributed by atoms with Gasteiger partial charge in [-0.2, -0.15) is 4.98 Å². The summed E-state index contributed by atoms with van der Waals surface area (Å²) >= 11 is 3.62. The first-order chi connectivity index (χ1) is 14.7. The highest BCUT2D eigenvalue weighted by Crippen LogP contribution is 2.54. The van der Waals surface area contributed by atoms with Crippen molar-refractivity contribution in [1.82, 2.24) is 14.9 Å². The van der Waals surface area contributed by atoms with Gasteiger partial charge in [0.05, 0.1) is 16.3 Å². The van der Waals surface area contributed by atoms with Crippen LogP contribution in [-0.4, -0.2) is 22.6 Å². The Morgan fingerprint density at radius 1 is 1.13 bits per heavy atom. The number of rotatable bonds is 1. The van der Waals surface area contributed by atoms with E-state index in [1.807, 2.05) is 12.1 Å². The standard InChI is InChI=1S/C25H28BrN3O/c26-19-5-4-6-20-22(19)23(30)28-24-25(11-2-1-3-12-25)18-8-7-17(15-21(18)29(20)24)16-9-13-27-14-10-16/h4-8,16-17,27H,1-3,9-15H2. The minimum atomic E-state index is -0.0904. The monoisotopic (exact) mass is 465 g/mol. The second-order valence-electron chi connectivity index (χ2n) is 9.53. The number of aromatic nitrogens is 2. The number of nitrogens with one attached hydrogen (secondary N) is 1. The highest BCUT2D eigenvalue weighted by molar-refractivity contribution is 9.10. The molecule has 1 atom stereocenters. The summed E-state index contributed by atoms with van der Waals surface area (Å²) in [5.74, 6) is 2.34. The summed E-state index contributed by atoms with van der Waals surface area (Å²) in [7, 11) is 0. The zero-order valence-corrected chi connectivity index (χ0v) is 18.9. The van der Waals surface area contributed by atoms with Crippen LogP contribution in [0.1, 0.15) is 57.2 Å². The van der Waals surface area contributed by atoms with Crippen LogP contribution < -0.4 is 10.9 Å². The largest absolute Gasteiger partial charge is 0.317 e. The molecular formula is C25H28BrN3O. The van der Waals surface area contributed by atoms with Crippen LogP contribution >= 0.6 is 15.9 Å². The lowest BCUT2D eigenvalue weighted by atomic mass is 9.67. The van der Waals surface area contributed by atoms with Gasteiger partial charge in [-0.3, -0.25) is 4.79 Å². The van der Waals surface area contributed by atoms with Gasteiger partial charge in [0.2, 0.25) is 0 Å². The van der Waals surface area contributed by atoms with Crippen LogP contribution in [0.3, 0.4) is 0 Å². The molecule has 0 bridgehead atoms. The second-order valence-corrected chi connectivity index (χ2v) is 10.4. The van der Waals surface area contributed by atoms with Crippen molar-refractivity contribution in [3.8, 4) is 0 Å². The Morgan fingerprint density at radius 3 is 2.73 bits per heavy atom. The quantitative estimate of drug-likeness (QED) is 0.632. The number of hydrogen-bond donors (Lipinski definition) is 1. The van der Waals surface area contributed by atoms with E-state index in [0.717, 1.165) is 54.1 Å². The van der Waals surface area contributed by atoms with E-state index in [0.29, 0.717) is 11.3 Å². The molecule has 30 heavy (non-hydrogen) atoms. The van der Waals surface area contributed by atoms with Crippen molar-refractivity contribution in [3.05, 3.63) is 56.6 Å². The number of hydrogen-bond acceptors (Lipinski definition) is 3. The molecule has 1 spiro atoms. The van der Waals surface area contributed by atoms with E-state index in [2.05, 4.69) is 44.0 Å². The van der Waals surface area contributed by atoms with Gasteiger partial charge >= 0.3 is 0 Å². The van der Waals surface area contributed by atoms with Gasteiger partial charge in [0.25, 0.3) is 5.56 Å². The third-order valence-corrected chi connectivity index (χ3v) is 8.69. The van der Waals surface area contributed by atoms with Gasteiger partial charge in [-0.1, -0.05) is 37.5 Å². The predicted molar refractivity (Wildman–Crippen MR) is 125 cm³/mol. The lowest BCUT2D eigenvalue weighted by molar-refractivity contribution is 0.298. The molecule has 2 aliphatic heterocycles. The van der Waals surface area contributed by atoms with Gasteiger partial charge in [-0.15, -0.1) is 0 Å². The van der Waals surface area contributed by atoms with E-state index in [1.54, 1.807) is 0 Å². The average Bonchev–Trinajstić information content (AvgIpc) is 3.04. The summed E-state index contributed by atoms with van der Waals surface area (Å²) in [5.41, 5.74) is 3.72. The van der Waals surface area contributed by atoms with Crippen molar-refractivity contribution >= 4 is 32.5 Å². The zero-order valence-electron chi connectivity index (χ0n) is 17.3. The maximum atomic E-state index is 13.1. The first kappa shape index (κ1) is 19.0. The molecule has 0 radical (unpaired) electrons. The summed E-state index contributed by atoms with van der Waals surface area (Å²) in [6.45, 7) is 2.26. The van der Waals surface area contributed by atoms with Gasteiger partial charge in [-0.25, -0.2) is 0 Å². The van der Waals surface area contributed by atoms with Crippen LogP contribution in [0.2, 0.25) is 0 Å². The minimum absolute atomic E-state index is 0.0706. The first-order valence-corrected chi connectivity index (χ1v) is 12.3. The van der Waals surface area contributed by atoms with Crippen molar-refractivity contribution < 1.29 is 0 Å². The van der Waals surface area contributed by atoms with E-state index >= 15 is 0 Å². The van der Waals surface area contributed by atoms with E-state index in [1.165, 1.54) is 43.4 Å². The molecule has 2 fully saturated rings. The Hall–Kier alpha value is -1.72. The van der Waals surface area contributed by atoms with Crippen LogP contribution in [0.15, 0.2) is 45.2 Å². The van der Waals surface area contributed by atoms with Crippen LogP contribution in [0.25, 0.3) is 16.6 Å². The van der Waals surface area contributed by atoms with Crippen molar-refractivity contribution in [1.29, 1.82) is 0 Å². The molecule has 4 aliphatic rings. The molecule has 3 heterocycles. The molecule has 4 nitrogen and oxygen atoms in total. The summed E-state index contributed by atoms with van der Waals surface area (Å²) in [6.07, 6.45) is 14.4. The van der Waals surface area contributed by atoms with Gasteiger partial charge in [0.15, 0.2) is 0 Å². The smallest absolute Gasteiger partial charge is 0.281 e. The van der Waals surface area contributed by atoms with Crippen molar-refractivity contribution in [3.63, 3.8) is 0 Å². The Kier molecular flexibility index (Phi) is 4.54. The number of nitrogens with zero attached hydrogens (tertiary/aromatic N) is 2. The van der Waals surface area contributed by atoms with Crippen LogP contribution in [0, 0.1) is 11.8 Å². The van der Waals surface area contributed by atoms with Gasteiger partial charge < -0.3 is 9.88 Å². The zero-order chi connectivity index (χ0) is 20.3. The molecule has 1 aromatic heterocycles. The van der Waals surface area contributed by atoms with Crippen molar-refractivity contribution in [2.24, 2.45) is 11.8 Å². The maximum absolute atomic E-state index is 13.1. The molecule has 1 unspecified atom stereocenters. The number of halogens is 1.